The fraction of sp³-hybridized carbons (Fsp3) is 0.643. The Kier molecular flexibility index (Phi) is 3.58. The molecular weight excluding hydrogens is 242 g/mol. The number of carbonyl (C=O) groups is 1. The molecule has 0 saturated heterocycles. The Morgan fingerprint density at radius 3 is 2.68 bits per heavy atom. The number of amides is 1. The number of likely N-dealkylation sites (N-methyl/N-ethyl adjacent to an activating group) is 1. The van der Waals surface area contributed by atoms with Crippen molar-refractivity contribution in [3.63, 3.8) is 0 Å². The molecular formula is C14H23N3O2. The summed E-state index contributed by atoms with van der Waals surface area (Å²) in [6.07, 6.45) is 4.04. The van der Waals surface area contributed by atoms with E-state index >= 15 is 0 Å². The van der Waals surface area contributed by atoms with Crippen LogP contribution in [0.2, 0.25) is 0 Å². The largest absolute Gasteiger partial charge is 0.397 e. The number of hydrogen-bond acceptors (Lipinski definition) is 3. The highest BCUT2D eigenvalue weighted by Gasteiger charge is 2.30. The number of aliphatic hydroxyl groups is 1. The predicted molar refractivity (Wildman–Crippen MR) is 75.0 cm³/mol. The molecule has 0 bridgehead atoms. The maximum atomic E-state index is 12.6. The van der Waals surface area contributed by atoms with Gasteiger partial charge in [0.2, 0.25) is 0 Å². The van der Waals surface area contributed by atoms with Gasteiger partial charge >= 0.3 is 0 Å². The SMILES string of the molecule is CCN(CC(C)(C)O)C(=O)c1cc(N)cn1C1CC1. The lowest BCUT2D eigenvalue weighted by Gasteiger charge is -2.28. The second-order valence-corrected chi connectivity index (χ2v) is 5.93. The Bertz CT molecular complexity index is 470. The Morgan fingerprint density at radius 1 is 1.58 bits per heavy atom. The summed E-state index contributed by atoms with van der Waals surface area (Å²) in [5, 5.41) is 9.89. The molecule has 19 heavy (non-hydrogen) atoms. The topological polar surface area (TPSA) is 71.5 Å². The van der Waals surface area contributed by atoms with E-state index < -0.39 is 5.60 Å². The van der Waals surface area contributed by atoms with E-state index in [1.807, 2.05) is 17.7 Å². The van der Waals surface area contributed by atoms with Gasteiger partial charge in [-0.25, -0.2) is 0 Å². The van der Waals surface area contributed by atoms with Crippen molar-refractivity contribution < 1.29 is 9.90 Å². The van der Waals surface area contributed by atoms with Gasteiger partial charge in [0.25, 0.3) is 5.91 Å². The summed E-state index contributed by atoms with van der Waals surface area (Å²) >= 11 is 0. The molecule has 0 unspecified atom stereocenters. The predicted octanol–water partition coefficient (Wildman–Crippen LogP) is 1.64. The van der Waals surface area contributed by atoms with Gasteiger partial charge in [-0.1, -0.05) is 0 Å². The van der Waals surface area contributed by atoms with Gasteiger partial charge in [-0.2, -0.15) is 0 Å². The molecule has 2 rings (SSSR count). The maximum Gasteiger partial charge on any atom is 0.270 e. The van der Waals surface area contributed by atoms with Crippen LogP contribution in [0, 0.1) is 0 Å². The van der Waals surface area contributed by atoms with Crippen LogP contribution in [0.25, 0.3) is 0 Å². The van der Waals surface area contributed by atoms with E-state index in [1.165, 1.54) is 0 Å². The summed E-state index contributed by atoms with van der Waals surface area (Å²) in [5.41, 5.74) is 6.17. The molecule has 5 nitrogen and oxygen atoms in total. The highest BCUT2D eigenvalue weighted by atomic mass is 16.3. The Labute approximate surface area is 114 Å². The van der Waals surface area contributed by atoms with Gasteiger partial charge in [0.1, 0.15) is 5.69 Å². The summed E-state index contributed by atoms with van der Waals surface area (Å²) in [4.78, 5) is 14.2. The molecule has 1 amide bonds. The summed E-state index contributed by atoms with van der Waals surface area (Å²) in [6.45, 7) is 6.21. The highest BCUT2D eigenvalue weighted by Crippen LogP contribution is 2.37. The van der Waals surface area contributed by atoms with Crippen molar-refractivity contribution in [3.05, 3.63) is 18.0 Å². The van der Waals surface area contributed by atoms with Crippen LogP contribution >= 0.6 is 0 Å². The quantitative estimate of drug-likeness (QED) is 0.850. The molecule has 0 radical (unpaired) electrons. The fourth-order valence-corrected chi connectivity index (χ4v) is 2.28. The minimum absolute atomic E-state index is 0.0618. The Morgan fingerprint density at radius 2 is 2.21 bits per heavy atom. The van der Waals surface area contributed by atoms with E-state index in [2.05, 4.69) is 0 Å². The van der Waals surface area contributed by atoms with Gasteiger partial charge in [-0.15, -0.1) is 0 Å². The second-order valence-electron chi connectivity index (χ2n) is 5.93. The minimum Gasteiger partial charge on any atom is -0.397 e. The maximum absolute atomic E-state index is 12.6. The second kappa shape index (κ2) is 4.89. The molecule has 1 saturated carbocycles. The number of aromatic nitrogens is 1. The molecule has 1 heterocycles. The number of nitrogen functional groups attached to an aromatic ring is 1. The molecule has 106 valence electrons. The standard InChI is InChI=1S/C14H23N3O2/c1-4-16(9-14(2,3)19)13(18)12-7-10(15)8-17(12)11-5-6-11/h7-8,11,19H,4-6,9,15H2,1-3H3. The van der Waals surface area contributed by atoms with Crippen molar-refractivity contribution in [1.29, 1.82) is 0 Å². The lowest BCUT2D eigenvalue weighted by molar-refractivity contribution is 0.0309. The molecule has 1 aromatic rings. The van der Waals surface area contributed by atoms with Crippen LogP contribution < -0.4 is 5.73 Å². The van der Waals surface area contributed by atoms with Gasteiger partial charge < -0.3 is 20.3 Å². The van der Waals surface area contributed by atoms with Crippen LogP contribution in [0.1, 0.15) is 50.1 Å². The Hall–Kier alpha value is -1.49. The molecule has 5 heteroatoms. The molecule has 0 atom stereocenters. The van der Waals surface area contributed by atoms with Crippen molar-refractivity contribution in [2.75, 3.05) is 18.8 Å². The van der Waals surface area contributed by atoms with E-state index in [9.17, 15) is 9.90 Å². The van der Waals surface area contributed by atoms with Crippen LogP contribution in [0.4, 0.5) is 5.69 Å². The van der Waals surface area contributed by atoms with Crippen LogP contribution in [0.3, 0.4) is 0 Å². The van der Waals surface area contributed by atoms with Crippen LogP contribution in [-0.4, -0.2) is 39.2 Å². The van der Waals surface area contributed by atoms with E-state index in [-0.39, 0.29) is 5.91 Å². The number of nitrogens with two attached hydrogens (primary N) is 1. The molecule has 1 fully saturated rings. The Balaban J connectivity index is 2.22. The van der Waals surface area contributed by atoms with Gasteiger partial charge in [0.15, 0.2) is 0 Å². The molecule has 1 aliphatic rings. The number of carbonyl (C=O) groups excluding carboxylic acids is 1. The average molecular weight is 265 g/mol. The molecule has 0 spiro atoms. The van der Waals surface area contributed by atoms with E-state index in [0.717, 1.165) is 12.8 Å². The van der Waals surface area contributed by atoms with Crippen molar-refractivity contribution in [1.82, 2.24) is 9.47 Å². The van der Waals surface area contributed by atoms with E-state index in [1.54, 1.807) is 24.8 Å². The van der Waals surface area contributed by atoms with Gasteiger partial charge in [0, 0.05) is 25.3 Å². The zero-order chi connectivity index (χ0) is 14.2. The van der Waals surface area contributed by atoms with Gasteiger partial charge in [-0.3, -0.25) is 4.79 Å². The third kappa shape index (κ3) is 3.29. The first-order valence-electron chi connectivity index (χ1n) is 6.81. The number of nitrogens with zero attached hydrogens (tertiary/aromatic N) is 2. The van der Waals surface area contributed by atoms with Gasteiger partial charge in [0.05, 0.1) is 11.3 Å². The first-order chi connectivity index (χ1) is 8.81. The first-order valence-corrected chi connectivity index (χ1v) is 6.81. The molecule has 3 N–H and O–H groups in total. The van der Waals surface area contributed by atoms with Crippen LogP contribution in [0.5, 0.6) is 0 Å². The van der Waals surface area contributed by atoms with Crippen LogP contribution in [0.15, 0.2) is 12.3 Å². The monoisotopic (exact) mass is 265 g/mol. The molecule has 1 aliphatic carbocycles. The summed E-state index contributed by atoms with van der Waals surface area (Å²) in [6, 6.07) is 2.14. The summed E-state index contributed by atoms with van der Waals surface area (Å²) < 4.78 is 1.98. The van der Waals surface area contributed by atoms with Crippen molar-refractivity contribution in [3.8, 4) is 0 Å². The molecule has 0 aliphatic heterocycles. The van der Waals surface area contributed by atoms with Crippen molar-refractivity contribution >= 4 is 11.6 Å². The smallest absolute Gasteiger partial charge is 0.270 e. The summed E-state index contributed by atoms with van der Waals surface area (Å²) in [5.74, 6) is -0.0618. The number of hydrogen-bond donors (Lipinski definition) is 2. The van der Waals surface area contributed by atoms with Gasteiger partial charge in [-0.05, 0) is 39.7 Å². The lowest BCUT2D eigenvalue weighted by atomic mass is 10.1. The highest BCUT2D eigenvalue weighted by molar-refractivity contribution is 5.94. The number of anilines is 1. The van der Waals surface area contributed by atoms with Crippen LogP contribution in [-0.2, 0) is 0 Å². The molecule has 0 aromatic carbocycles. The third-order valence-electron chi connectivity index (χ3n) is 3.28. The van der Waals surface area contributed by atoms with E-state index in [0.29, 0.717) is 30.5 Å². The van der Waals surface area contributed by atoms with Crippen molar-refractivity contribution in [2.24, 2.45) is 0 Å². The molecule has 1 aromatic heterocycles. The van der Waals surface area contributed by atoms with Crippen molar-refractivity contribution in [2.45, 2.75) is 45.3 Å². The summed E-state index contributed by atoms with van der Waals surface area (Å²) in [7, 11) is 0. The number of rotatable bonds is 5. The normalized spacial score (nSPS) is 15.6. The lowest BCUT2D eigenvalue weighted by Crippen LogP contribution is -2.42. The third-order valence-corrected chi connectivity index (χ3v) is 3.28. The zero-order valence-corrected chi connectivity index (χ0v) is 11.9. The fourth-order valence-electron chi connectivity index (χ4n) is 2.28. The van der Waals surface area contributed by atoms with E-state index in [4.69, 9.17) is 5.73 Å². The average Bonchev–Trinajstić information content (AvgIpc) is 3.07. The zero-order valence-electron chi connectivity index (χ0n) is 11.9. The minimum atomic E-state index is -0.895. The first kappa shape index (κ1) is 13.9.